The van der Waals surface area contributed by atoms with E-state index in [0.717, 1.165) is 17.0 Å². The predicted octanol–water partition coefficient (Wildman–Crippen LogP) is 2.18. The first-order valence-corrected chi connectivity index (χ1v) is 8.02. The van der Waals surface area contributed by atoms with Crippen LogP contribution in [-0.2, 0) is 11.3 Å². The molecule has 0 saturated carbocycles. The van der Waals surface area contributed by atoms with E-state index < -0.39 is 0 Å². The molecule has 8 nitrogen and oxygen atoms in total. The molecule has 1 amide bonds. The molecule has 8 heteroatoms. The number of nitrogens with one attached hydrogen (secondary N) is 1. The van der Waals surface area contributed by atoms with Crippen LogP contribution in [0.3, 0.4) is 0 Å². The highest BCUT2D eigenvalue weighted by Gasteiger charge is 2.08. The molecule has 0 bridgehead atoms. The highest BCUT2D eigenvalue weighted by molar-refractivity contribution is 5.75. The Labute approximate surface area is 151 Å². The molecular weight excluding hydrogens is 332 g/mol. The van der Waals surface area contributed by atoms with E-state index in [0.29, 0.717) is 11.6 Å². The van der Waals surface area contributed by atoms with Gasteiger partial charge in [-0.25, -0.2) is 9.97 Å². The zero-order chi connectivity index (χ0) is 18.5. The second-order valence-electron chi connectivity index (χ2n) is 5.83. The third kappa shape index (κ3) is 4.15. The topological polar surface area (TPSA) is 85.2 Å². The van der Waals surface area contributed by atoms with E-state index in [-0.39, 0.29) is 12.5 Å². The Morgan fingerprint density at radius 2 is 2.00 bits per heavy atom. The van der Waals surface area contributed by atoms with Crippen molar-refractivity contribution < 1.29 is 9.53 Å². The quantitative estimate of drug-likeness (QED) is 0.732. The lowest BCUT2D eigenvalue weighted by Crippen LogP contribution is -2.26. The van der Waals surface area contributed by atoms with Crippen LogP contribution in [0.5, 0.6) is 5.75 Å². The number of anilines is 2. The monoisotopic (exact) mass is 352 g/mol. The Bertz CT molecular complexity index is 889. The minimum absolute atomic E-state index is 0.0246. The van der Waals surface area contributed by atoms with Crippen molar-refractivity contribution in [2.24, 2.45) is 0 Å². The lowest BCUT2D eigenvalue weighted by molar-refractivity contribution is -0.129. The van der Waals surface area contributed by atoms with Gasteiger partial charge in [-0.15, -0.1) is 0 Å². The summed E-state index contributed by atoms with van der Waals surface area (Å²) in [6, 6.07) is 9.32. The number of methoxy groups -OCH3 is 1. The van der Waals surface area contributed by atoms with Crippen LogP contribution in [0.4, 0.5) is 11.5 Å². The summed E-state index contributed by atoms with van der Waals surface area (Å²) in [4.78, 5) is 22.1. The molecule has 2 heterocycles. The third-order valence-electron chi connectivity index (χ3n) is 3.71. The molecule has 3 rings (SSSR count). The van der Waals surface area contributed by atoms with Crippen LogP contribution in [0.2, 0.25) is 0 Å². The average molecular weight is 352 g/mol. The van der Waals surface area contributed by atoms with Gasteiger partial charge < -0.3 is 15.0 Å². The number of aromatic nitrogens is 4. The van der Waals surface area contributed by atoms with E-state index >= 15 is 0 Å². The molecule has 134 valence electrons. The highest BCUT2D eigenvalue weighted by atomic mass is 16.5. The summed E-state index contributed by atoms with van der Waals surface area (Å²) in [5.74, 6) is 2.00. The van der Waals surface area contributed by atoms with E-state index in [9.17, 15) is 4.79 Å². The maximum atomic E-state index is 11.7. The number of carbonyl (C=O) groups excluding carboxylic acids is 1. The molecule has 1 aromatic carbocycles. The summed E-state index contributed by atoms with van der Waals surface area (Å²) in [5.41, 5.74) is 1.64. The van der Waals surface area contributed by atoms with Gasteiger partial charge in [-0.1, -0.05) is 0 Å². The van der Waals surface area contributed by atoms with Gasteiger partial charge in [-0.2, -0.15) is 5.10 Å². The largest absolute Gasteiger partial charge is 0.497 e. The minimum Gasteiger partial charge on any atom is -0.497 e. The molecule has 0 aliphatic carbocycles. The second-order valence-corrected chi connectivity index (χ2v) is 5.83. The molecule has 0 aliphatic heterocycles. The van der Waals surface area contributed by atoms with Crippen molar-refractivity contribution in [1.29, 1.82) is 0 Å². The maximum Gasteiger partial charge on any atom is 0.243 e. The van der Waals surface area contributed by atoms with Crippen molar-refractivity contribution in [3.8, 4) is 17.1 Å². The van der Waals surface area contributed by atoms with Crippen molar-refractivity contribution >= 4 is 17.4 Å². The summed E-state index contributed by atoms with van der Waals surface area (Å²) in [6.07, 6.45) is 5.10. The number of likely N-dealkylation sites (N-methyl/N-ethyl adjacent to an activating group) is 1. The van der Waals surface area contributed by atoms with Gasteiger partial charge in [0.15, 0.2) is 5.82 Å². The number of hydrogen-bond donors (Lipinski definition) is 1. The number of nitrogens with zero attached hydrogens (tertiary/aromatic N) is 5. The van der Waals surface area contributed by atoms with E-state index in [1.807, 2.05) is 24.3 Å². The fraction of sp³-hybridized carbons (Fsp3) is 0.222. The average Bonchev–Trinajstić information content (AvgIpc) is 3.08. The Hall–Kier alpha value is -3.42. The van der Waals surface area contributed by atoms with Crippen LogP contribution in [0, 0.1) is 0 Å². The van der Waals surface area contributed by atoms with Gasteiger partial charge in [0.2, 0.25) is 5.91 Å². The fourth-order valence-corrected chi connectivity index (χ4v) is 2.25. The first-order valence-electron chi connectivity index (χ1n) is 8.02. The maximum absolute atomic E-state index is 11.7. The Morgan fingerprint density at radius 3 is 2.69 bits per heavy atom. The number of benzene rings is 1. The van der Waals surface area contributed by atoms with Crippen molar-refractivity contribution in [2.45, 2.75) is 6.54 Å². The molecule has 0 spiro atoms. The van der Waals surface area contributed by atoms with E-state index in [4.69, 9.17) is 4.74 Å². The van der Waals surface area contributed by atoms with E-state index in [2.05, 4.69) is 20.4 Å². The normalized spacial score (nSPS) is 10.4. The van der Waals surface area contributed by atoms with Crippen LogP contribution < -0.4 is 10.1 Å². The molecule has 0 aliphatic rings. The van der Waals surface area contributed by atoms with Gasteiger partial charge in [0.05, 0.1) is 19.0 Å². The summed E-state index contributed by atoms with van der Waals surface area (Å²) >= 11 is 0. The SMILES string of the molecule is COc1ccc(-c2nccc(Nc3cnn(CC(=O)N(C)C)c3)n2)cc1. The fourth-order valence-electron chi connectivity index (χ4n) is 2.25. The smallest absolute Gasteiger partial charge is 0.243 e. The molecule has 0 saturated heterocycles. The Morgan fingerprint density at radius 1 is 1.23 bits per heavy atom. The van der Waals surface area contributed by atoms with Crippen molar-refractivity contribution in [3.63, 3.8) is 0 Å². The van der Waals surface area contributed by atoms with Crippen LogP contribution >= 0.6 is 0 Å². The molecule has 2 aromatic heterocycles. The molecule has 0 atom stereocenters. The first kappa shape index (κ1) is 17.4. The van der Waals surface area contributed by atoms with E-state index in [1.165, 1.54) is 4.90 Å². The van der Waals surface area contributed by atoms with Gasteiger partial charge >= 0.3 is 0 Å². The zero-order valence-corrected chi connectivity index (χ0v) is 14.9. The van der Waals surface area contributed by atoms with Crippen molar-refractivity contribution in [3.05, 3.63) is 48.9 Å². The molecule has 0 fully saturated rings. The van der Waals surface area contributed by atoms with Gasteiger partial charge in [0, 0.05) is 32.1 Å². The second kappa shape index (κ2) is 7.64. The highest BCUT2D eigenvalue weighted by Crippen LogP contribution is 2.21. The van der Waals surface area contributed by atoms with E-state index in [1.54, 1.807) is 50.5 Å². The number of amides is 1. The molecule has 3 aromatic rings. The minimum atomic E-state index is -0.0246. The summed E-state index contributed by atoms with van der Waals surface area (Å²) in [5, 5.41) is 7.36. The van der Waals surface area contributed by atoms with Crippen molar-refractivity contribution in [1.82, 2.24) is 24.6 Å². The number of carbonyl (C=O) groups is 1. The standard InChI is InChI=1S/C18H20N6O2/c1-23(2)17(25)12-24-11-14(10-20-24)21-16-8-9-19-18(22-16)13-4-6-15(26-3)7-5-13/h4-11H,12H2,1-3H3,(H,19,21,22). The van der Waals surface area contributed by atoms with Crippen molar-refractivity contribution in [2.75, 3.05) is 26.5 Å². The van der Waals surface area contributed by atoms with Crippen LogP contribution in [0.25, 0.3) is 11.4 Å². The lowest BCUT2D eigenvalue weighted by Gasteiger charge is -2.09. The zero-order valence-electron chi connectivity index (χ0n) is 14.9. The summed E-state index contributed by atoms with van der Waals surface area (Å²) < 4.78 is 6.74. The van der Waals surface area contributed by atoms with Crippen LogP contribution in [0.15, 0.2) is 48.9 Å². The first-order chi connectivity index (χ1) is 12.5. The lowest BCUT2D eigenvalue weighted by atomic mass is 10.2. The van der Waals surface area contributed by atoms with Gasteiger partial charge in [-0.3, -0.25) is 9.48 Å². The van der Waals surface area contributed by atoms with Crippen LogP contribution in [0.1, 0.15) is 0 Å². The van der Waals surface area contributed by atoms with Gasteiger partial charge in [0.1, 0.15) is 18.1 Å². The van der Waals surface area contributed by atoms with Gasteiger partial charge in [0.25, 0.3) is 0 Å². The molecule has 1 N–H and O–H groups in total. The Balaban J connectivity index is 1.72. The summed E-state index contributed by atoms with van der Waals surface area (Å²) in [6.45, 7) is 0.190. The number of ether oxygens (including phenoxy) is 1. The predicted molar refractivity (Wildman–Crippen MR) is 98.2 cm³/mol. The Kier molecular flexibility index (Phi) is 5.12. The number of hydrogen-bond acceptors (Lipinski definition) is 6. The van der Waals surface area contributed by atoms with Crippen LogP contribution in [-0.4, -0.2) is 51.8 Å². The molecule has 0 radical (unpaired) electrons. The molecule has 26 heavy (non-hydrogen) atoms. The molecular formula is C18H20N6O2. The summed E-state index contributed by atoms with van der Waals surface area (Å²) in [7, 11) is 5.06. The number of rotatable bonds is 6. The molecule has 0 unspecified atom stereocenters. The van der Waals surface area contributed by atoms with Gasteiger partial charge in [-0.05, 0) is 30.3 Å². The third-order valence-corrected chi connectivity index (χ3v) is 3.71.